The van der Waals surface area contributed by atoms with Gasteiger partial charge in [0.2, 0.25) is 0 Å². The van der Waals surface area contributed by atoms with Crippen molar-refractivity contribution in [3.05, 3.63) is 29.6 Å². The summed E-state index contributed by atoms with van der Waals surface area (Å²) in [6.07, 6.45) is 4.42. The Labute approximate surface area is 100 Å². The molecular formula is C12H17N3O2. The highest BCUT2D eigenvalue weighted by molar-refractivity contribution is 5.64. The van der Waals surface area contributed by atoms with E-state index in [0.717, 1.165) is 25.0 Å². The van der Waals surface area contributed by atoms with Crippen molar-refractivity contribution in [2.24, 2.45) is 5.73 Å². The zero-order valence-electron chi connectivity index (χ0n) is 9.69. The standard InChI is InChI=1S/C12H17N3O2/c13-12(16)17-8-7-14-10-5-1-3-9-4-2-6-15-11(9)10/h2,4,6,10,14H,1,3,5,7-8H2,(H2,13,16). The lowest BCUT2D eigenvalue weighted by Crippen LogP contribution is -2.30. The van der Waals surface area contributed by atoms with Crippen LogP contribution in [0, 0.1) is 0 Å². The number of carbonyl (C=O) groups is 1. The molecule has 0 saturated carbocycles. The van der Waals surface area contributed by atoms with E-state index in [0.29, 0.717) is 13.2 Å². The number of primary amides is 1. The van der Waals surface area contributed by atoms with Crippen molar-refractivity contribution in [2.75, 3.05) is 13.2 Å². The minimum absolute atomic E-state index is 0.261. The summed E-state index contributed by atoms with van der Waals surface area (Å²) in [4.78, 5) is 14.8. The summed E-state index contributed by atoms with van der Waals surface area (Å²) >= 11 is 0. The van der Waals surface area contributed by atoms with Gasteiger partial charge in [0.1, 0.15) is 6.61 Å². The quantitative estimate of drug-likeness (QED) is 0.767. The molecule has 0 saturated heterocycles. The molecule has 3 N–H and O–H groups in total. The predicted octanol–water partition coefficient (Wildman–Crippen LogP) is 1.14. The number of aromatic nitrogens is 1. The number of hydrogen-bond acceptors (Lipinski definition) is 4. The summed E-state index contributed by atoms with van der Waals surface area (Å²) in [6.45, 7) is 0.900. The van der Waals surface area contributed by atoms with E-state index >= 15 is 0 Å². The number of aryl methyl sites for hydroxylation is 1. The van der Waals surface area contributed by atoms with Gasteiger partial charge in [-0.05, 0) is 30.9 Å². The molecule has 0 aliphatic heterocycles. The van der Waals surface area contributed by atoms with Crippen molar-refractivity contribution in [1.82, 2.24) is 10.3 Å². The highest BCUT2D eigenvalue weighted by Crippen LogP contribution is 2.27. The SMILES string of the molecule is NC(=O)OCCNC1CCCc2cccnc21. The van der Waals surface area contributed by atoms with Crippen LogP contribution in [0.4, 0.5) is 4.79 Å². The van der Waals surface area contributed by atoms with Crippen LogP contribution < -0.4 is 11.1 Å². The maximum atomic E-state index is 10.4. The van der Waals surface area contributed by atoms with Gasteiger partial charge in [-0.15, -0.1) is 0 Å². The molecule has 0 spiro atoms. The summed E-state index contributed by atoms with van der Waals surface area (Å²) in [5, 5.41) is 3.34. The fourth-order valence-corrected chi connectivity index (χ4v) is 2.19. The number of rotatable bonds is 4. The van der Waals surface area contributed by atoms with Crippen LogP contribution in [0.1, 0.15) is 30.1 Å². The van der Waals surface area contributed by atoms with E-state index < -0.39 is 6.09 Å². The van der Waals surface area contributed by atoms with Crippen molar-refractivity contribution >= 4 is 6.09 Å². The van der Waals surface area contributed by atoms with E-state index in [-0.39, 0.29) is 6.04 Å². The first kappa shape index (κ1) is 11.9. The molecule has 1 aliphatic rings. The number of amides is 1. The average molecular weight is 235 g/mol. The van der Waals surface area contributed by atoms with Crippen LogP contribution in [0.3, 0.4) is 0 Å². The minimum atomic E-state index is -0.728. The van der Waals surface area contributed by atoms with Crippen LogP contribution in [-0.4, -0.2) is 24.2 Å². The molecular weight excluding hydrogens is 218 g/mol. The van der Waals surface area contributed by atoms with Gasteiger partial charge in [0.05, 0.1) is 5.69 Å². The number of ether oxygens (including phenoxy) is 1. The molecule has 0 aromatic carbocycles. The van der Waals surface area contributed by atoms with Crippen molar-refractivity contribution in [2.45, 2.75) is 25.3 Å². The number of nitrogens with two attached hydrogens (primary N) is 1. The predicted molar refractivity (Wildman–Crippen MR) is 63.5 cm³/mol. The molecule has 0 fully saturated rings. The number of carbonyl (C=O) groups excluding carboxylic acids is 1. The van der Waals surface area contributed by atoms with Crippen LogP contribution in [0.2, 0.25) is 0 Å². The average Bonchev–Trinajstić information content (AvgIpc) is 2.34. The molecule has 1 aliphatic carbocycles. The van der Waals surface area contributed by atoms with Gasteiger partial charge >= 0.3 is 6.09 Å². The highest BCUT2D eigenvalue weighted by Gasteiger charge is 2.20. The van der Waals surface area contributed by atoms with E-state index in [1.165, 1.54) is 5.56 Å². The molecule has 1 aromatic rings. The van der Waals surface area contributed by atoms with Crippen LogP contribution in [0.15, 0.2) is 18.3 Å². The lowest BCUT2D eigenvalue weighted by atomic mass is 9.92. The molecule has 2 rings (SSSR count). The molecule has 0 radical (unpaired) electrons. The van der Waals surface area contributed by atoms with E-state index in [1.54, 1.807) is 0 Å². The molecule has 5 heteroatoms. The zero-order chi connectivity index (χ0) is 12.1. The van der Waals surface area contributed by atoms with Gasteiger partial charge in [0.25, 0.3) is 0 Å². The number of nitrogens with one attached hydrogen (secondary N) is 1. The third-order valence-electron chi connectivity index (χ3n) is 2.93. The molecule has 5 nitrogen and oxygen atoms in total. The fraction of sp³-hybridized carbons (Fsp3) is 0.500. The van der Waals surface area contributed by atoms with Crippen molar-refractivity contribution in [3.63, 3.8) is 0 Å². The van der Waals surface area contributed by atoms with Gasteiger partial charge in [0.15, 0.2) is 0 Å². The zero-order valence-corrected chi connectivity index (χ0v) is 9.69. The Morgan fingerprint density at radius 3 is 3.35 bits per heavy atom. The summed E-state index contributed by atoms with van der Waals surface area (Å²) in [5.74, 6) is 0. The first-order valence-corrected chi connectivity index (χ1v) is 5.87. The van der Waals surface area contributed by atoms with E-state index in [4.69, 9.17) is 5.73 Å². The molecule has 1 aromatic heterocycles. The lowest BCUT2D eigenvalue weighted by Gasteiger charge is -2.25. The molecule has 0 bridgehead atoms. The maximum Gasteiger partial charge on any atom is 0.404 e. The van der Waals surface area contributed by atoms with Crippen molar-refractivity contribution < 1.29 is 9.53 Å². The second-order valence-corrected chi connectivity index (χ2v) is 4.11. The normalized spacial score (nSPS) is 18.5. The number of pyridine rings is 1. The second-order valence-electron chi connectivity index (χ2n) is 4.11. The van der Waals surface area contributed by atoms with Crippen LogP contribution in [-0.2, 0) is 11.2 Å². The first-order valence-electron chi connectivity index (χ1n) is 5.87. The van der Waals surface area contributed by atoms with Gasteiger partial charge in [-0.3, -0.25) is 4.98 Å². The largest absolute Gasteiger partial charge is 0.448 e. The molecule has 1 heterocycles. The van der Waals surface area contributed by atoms with Crippen molar-refractivity contribution in [1.29, 1.82) is 0 Å². The summed E-state index contributed by atoms with van der Waals surface area (Å²) < 4.78 is 4.68. The maximum absolute atomic E-state index is 10.4. The Kier molecular flexibility index (Phi) is 3.93. The number of nitrogens with zero attached hydrogens (tertiary/aromatic N) is 1. The third kappa shape index (κ3) is 3.17. The van der Waals surface area contributed by atoms with Crippen LogP contribution in [0.25, 0.3) is 0 Å². The smallest absolute Gasteiger partial charge is 0.404 e. The van der Waals surface area contributed by atoms with Gasteiger partial charge in [0, 0.05) is 18.8 Å². The molecule has 92 valence electrons. The Hall–Kier alpha value is -1.62. The van der Waals surface area contributed by atoms with E-state index in [9.17, 15) is 4.79 Å². The Morgan fingerprint density at radius 2 is 2.53 bits per heavy atom. The van der Waals surface area contributed by atoms with Crippen molar-refractivity contribution in [3.8, 4) is 0 Å². The topological polar surface area (TPSA) is 77.2 Å². The first-order chi connectivity index (χ1) is 8.27. The molecule has 1 atom stereocenters. The van der Waals surface area contributed by atoms with E-state index in [1.807, 2.05) is 12.3 Å². The molecule has 1 amide bonds. The molecule has 17 heavy (non-hydrogen) atoms. The summed E-state index contributed by atoms with van der Waals surface area (Å²) in [5.41, 5.74) is 7.32. The minimum Gasteiger partial charge on any atom is -0.448 e. The summed E-state index contributed by atoms with van der Waals surface area (Å²) in [7, 11) is 0. The monoisotopic (exact) mass is 235 g/mol. The fourth-order valence-electron chi connectivity index (χ4n) is 2.19. The van der Waals surface area contributed by atoms with Gasteiger partial charge < -0.3 is 15.8 Å². The molecule has 1 unspecified atom stereocenters. The van der Waals surface area contributed by atoms with Gasteiger partial charge in [-0.2, -0.15) is 0 Å². The number of fused-ring (bicyclic) bond motifs is 1. The summed E-state index contributed by atoms with van der Waals surface area (Å²) in [6, 6.07) is 4.35. The Bertz CT molecular complexity index is 395. The van der Waals surface area contributed by atoms with Crippen LogP contribution >= 0.6 is 0 Å². The Morgan fingerprint density at radius 1 is 1.65 bits per heavy atom. The third-order valence-corrected chi connectivity index (χ3v) is 2.93. The second kappa shape index (κ2) is 5.63. The van der Waals surface area contributed by atoms with Crippen LogP contribution in [0.5, 0.6) is 0 Å². The van der Waals surface area contributed by atoms with Gasteiger partial charge in [-0.25, -0.2) is 4.79 Å². The van der Waals surface area contributed by atoms with E-state index in [2.05, 4.69) is 21.1 Å². The highest BCUT2D eigenvalue weighted by atomic mass is 16.5. The lowest BCUT2D eigenvalue weighted by molar-refractivity contribution is 0.155. The number of hydrogen-bond donors (Lipinski definition) is 2. The Balaban J connectivity index is 1.88. The van der Waals surface area contributed by atoms with Gasteiger partial charge in [-0.1, -0.05) is 6.07 Å².